The van der Waals surface area contributed by atoms with Crippen molar-refractivity contribution in [3.63, 3.8) is 0 Å². The number of esters is 1. The fourth-order valence-corrected chi connectivity index (χ4v) is 1.44. The van der Waals surface area contributed by atoms with Crippen LogP contribution in [0.25, 0.3) is 6.08 Å². The summed E-state index contributed by atoms with van der Waals surface area (Å²) >= 11 is 1.53. The third-order valence-corrected chi connectivity index (χ3v) is 2.15. The van der Waals surface area contributed by atoms with Gasteiger partial charge in [-0.2, -0.15) is 11.3 Å². The Hall–Kier alpha value is -1.42. The zero-order chi connectivity index (χ0) is 10.4. The predicted octanol–water partition coefficient (Wildman–Crippen LogP) is 1.89. The lowest BCUT2D eigenvalue weighted by Crippen LogP contribution is -2.14. The van der Waals surface area contributed by atoms with E-state index >= 15 is 0 Å². The van der Waals surface area contributed by atoms with Gasteiger partial charge in [0.05, 0.1) is 6.61 Å². The molecule has 0 saturated heterocycles. The largest absolute Gasteiger partial charge is 0.460 e. The van der Waals surface area contributed by atoms with E-state index in [9.17, 15) is 9.59 Å². The summed E-state index contributed by atoms with van der Waals surface area (Å²) in [7, 11) is 0. The molecule has 0 bridgehead atoms. The maximum absolute atomic E-state index is 11.1. The average Bonchev–Trinajstić information content (AvgIpc) is 2.67. The number of ketones is 1. The smallest absolute Gasteiger partial charge is 0.379 e. The van der Waals surface area contributed by atoms with E-state index in [4.69, 9.17) is 0 Å². The lowest BCUT2D eigenvalue weighted by atomic mass is 10.2. The van der Waals surface area contributed by atoms with Crippen molar-refractivity contribution in [3.05, 3.63) is 28.5 Å². The lowest BCUT2D eigenvalue weighted by Gasteiger charge is -1.95. The second-order valence-corrected chi connectivity index (χ2v) is 3.25. The van der Waals surface area contributed by atoms with Crippen LogP contribution in [-0.2, 0) is 14.3 Å². The van der Waals surface area contributed by atoms with Crippen molar-refractivity contribution in [2.24, 2.45) is 0 Å². The normalized spacial score (nSPS) is 10.4. The van der Waals surface area contributed by atoms with Gasteiger partial charge in [-0.05, 0) is 41.5 Å². The van der Waals surface area contributed by atoms with Gasteiger partial charge in [0.2, 0.25) is 0 Å². The van der Waals surface area contributed by atoms with Crippen molar-refractivity contribution >= 4 is 29.2 Å². The van der Waals surface area contributed by atoms with E-state index in [1.165, 1.54) is 17.4 Å². The molecule has 4 heteroatoms. The van der Waals surface area contributed by atoms with Gasteiger partial charge in [-0.3, -0.25) is 4.79 Å². The molecule has 0 fully saturated rings. The van der Waals surface area contributed by atoms with E-state index in [1.807, 2.05) is 16.8 Å². The molecule has 0 aliphatic carbocycles. The molecular formula is C10H10O3S. The molecule has 0 unspecified atom stereocenters. The summed E-state index contributed by atoms with van der Waals surface area (Å²) in [6, 6.07) is 1.86. The molecule has 1 heterocycles. The molecule has 0 atom stereocenters. The molecule has 1 aromatic heterocycles. The van der Waals surface area contributed by atoms with Gasteiger partial charge in [-0.15, -0.1) is 0 Å². The second kappa shape index (κ2) is 5.34. The highest BCUT2D eigenvalue weighted by atomic mass is 32.1. The highest BCUT2D eigenvalue weighted by molar-refractivity contribution is 7.08. The summed E-state index contributed by atoms with van der Waals surface area (Å²) in [6.45, 7) is 1.88. The molecule has 0 aliphatic heterocycles. The maximum Gasteiger partial charge on any atom is 0.379 e. The van der Waals surface area contributed by atoms with Crippen molar-refractivity contribution in [1.82, 2.24) is 0 Å². The monoisotopic (exact) mass is 210 g/mol. The van der Waals surface area contributed by atoms with Gasteiger partial charge in [0.15, 0.2) is 0 Å². The fraction of sp³-hybridized carbons (Fsp3) is 0.200. The Balaban J connectivity index is 2.52. The van der Waals surface area contributed by atoms with Gasteiger partial charge in [0.25, 0.3) is 5.78 Å². The fourth-order valence-electron chi connectivity index (χ4n) is 0.812. The van der Waals surface area contributed by atoms with Crippen LogP contribution < -0.4 is 0 Å². The molecule has 0 amide bonds. The first kappa shape index (κ1) is 10.7. The molecule has 3 nitrogen and oxygen atoms in total. The molecule has 0 aromatic carbocycles. The van der Waals surface area contributed by atoms with Gasteiger partial charge in [-0.25, -0.2) is 4.79 Å². The van der Waals surface area contributed by atoms with E-state index in [0.717, 1.165) is 5.56 Å². The number of carbonyl (C=O) groups excluding carboxylic acids is 2. The minimum atomic E-state index is -0.807. The molecule has 0 aliphatic rings. The molecule has 0 spiro atoms. The van der Waals surface area contributed by atoms with Crippen LogP contribution in [-0.4, -0.2) is 18.4 Å². The number of ether oxygens (including phenoxy) is 1. The van der Waals surface area contributed by atoms with Crippen LogP contribution in [0.1, 0.15) is 12.5 Å². The van der Waals surface area contributed by atoms with Crippen LogP contribution in [0.2, 0.25) is 0 Å². The molecule has 0 N–H and O–H groups in total. The third-order valence-electron chi connectivity index (χ3n) is 1.45. The number of carbonyl (C=O) groups is 2. The topological polar surface area (TPSA) is 43.4 Å². The van der Waals surface area contributed by atoms with Crippen LogP contribution in [0.15, 0.2) is 22.9 Å². The van der Waals surface area contributed by atoms with Crippen LogP contribution in [0.4, 0.5) is 0 Å². The van der Waals surface area contributed by atoms with E-state index < -0.39 is 11.8 Å². The van der Waals surface area contributed by atoms with Crippen molar-refractivity contribution in [2.45, 2.75) is 6.92 Å². The standard InChI is InChI=1S/C10H10O3S/c1-2-13-10(12)9(11)4-3-8-5-6-14-7-8/h3-7H,2H2,1H3/b4-3+. The summed E-state index contributed by atoms with van der Waals surface area (Å²) in [4.78, 5) is 22.0. The van der Waals surface area contributed by atoms with Crippen LogP contribution in [0, 0.1) is 0 Å². The molecule has 14 heavy (non-hydrogen) atoms. The Morgan fingerprint density at radius 3 is 2.93 bits per heavy atom. The maximum atomic E-state index is 11.1. The quantitative estimate of drug-likeness (QED) is 0.433. The summed E-state index contributed by atoms with van der Waals surface area (Å²) < 4.78 is 4.54. The van der Waals surface area contributed by atoms with Crippen molar-refractivity contribution in [2.75, 3.05) is 6.61 Å². The van der Waals surface area contributed by atoms with E-state index in [-0.39, 0.29) is 6.61 Å². The molecule has 0 saturated carbocycles. The Morgan fingerprint density at radius 2 is 2.36 bits per heavy atom. The first-order valence-electron chi connectivity index (χ1n) is 4.15. The highest BCUT2D eigenvalue weighted by Gasteiger charge is 2.09. The van der Waals surface area contributed by atoms with E-state index in [0.29, 0.717) is 0 Å². The first-order chi connectivity index (χ1) is 6.74. The minimum Gasteiger partial charge on any atom is -0.460 e. The van der Waals surface area contributed by atoms with Crippen LogP contribution in [0.3, 0.4) is 0 Å². The molecule has 74 valence electrons. The molecule has 0 radical (unpaired) electrons. The predicted molar refractivity (Wildman–Crippen MR) is 55.0 cm³/mol. The first-order valence-corrected chi connectivity index (χ1v) is 5.09. The summed E-state index contributed by atoms with van der Waals surface area (Å²) in [6.07, 6.45) is 2.82. The Morgan fingerprint density at radius 1 is 1.57 bits per heavy atom. The van der Waals surface area contributed by atoms with E-state index in [2.05, 4.69) is 4.74 Å². The van der Waals surface area contributed by atoms with E-state index in [1.54, 1.807) is 13.0 Å². The number of rotatable bonds is 4. The SMILES string of the molecule is CCOC(=O)C(=O)/C=C/c1ccsc1. The van der Waals surface area contributed by atoms with Gasteiger partial charge >= 0.3 is 5.97 Å². The number of thiophene rings is 1. The Labute approximate surface area is 86.0 Å². The Kier molecular flexibility index (Phi) is 4.07. The average molecular weight is 210 g/mol. The lowest BCUT2D eigenvalue weighted by molar-refractivity contribution is -0.151. The number of hydrogen-bond donors (Lipinski definition) is 0. The third kappa shape index (κ3) is 3.14. The van der Waals surface area contributed by atoms with Gasteiger partial charge < -0.3 is 4.74 Å². The van der Waals surface area contributed by atoms with Gasteiger partial charge in [0.1, 0.15) is 0 Å². The highest BCUT2D eigenvalue weighted by Crippen LogP contribution is 2.07. The van der Waals surface area contributed by atoms with Crippen LogP contribution in [0.5, 0.6) is 0 Å². The minimum absolute atomic E-state index is 0.219. The van der Waals surface area contributed by atoms with Crippen molar-refractivity contribution in [1.29, 1.82) is 0 Å². The Bertz CT molecular complexity index is 338. The van der Waals surface area contributed by atoms with Gasteiger partial charge in [0, 0.05) is 0 Å². The molecule has 1 rings (SSSR count). The van der Waals surface area contributed by atoms with Crippen molar-refractivity contribution in [3.8, 4) is 0 Å². The second-order valence-electron chi connectivity index (χ2n) is 2.47. The number of hydrogen-bond acceptors (Lipinski definition) is 4. The molecule has 1 aromatic rings. The van der Waals surface area contributed by atoms with Crippen molar-refractivity contribution < 1.29 is 14.3 Å². The molecular weight excluding hydrogens is 200 g/mol. The van der Waals surface area contributed by atoms with Crippen LogP contribution >= 0.6 is 11.3 Å². The summed E-state index contributed by atoms with van der Waals surface area (Å²) in [5.41, 5.74) is 0.910. The van der Waals surface area contributed by atoms with Gasteiger partial charge in [-0.1, -0.05) is 0 Å². The zero-order valence-corrected chi connectivity index (χ0v) is 8.54. The summed E-state index contributed by atoms with van der Waals surface area (Å²) in [5.74, 6) is -1.43. The summed E-state index contributed by atoms with van der Waals surface area (Å²) in [5, 5.41) is 3.78. The zero-order valence-electron chi connectivity index (χ0n) is 7.73.